The third-order valence-corrected chi connectivity index (χ3v) is 2.35. The van der Waals surface area contributed by atoms with E-state index in [9.17, 15) is 0 Å². The molecule has 1 aliphatic rings. The van der Waals surface area contributed by atoms with Crippen LogP contribution < -0.4 is 0 Å². The molecule has 0 fully saturated rings. The number of halogens is 1. The number of hydrogen-bond acceptors (Lipinski definition) is 0. The minimum Gasteiger partial charge on any atom is -0.0958 e. The second-order valence-electron chi connectivity index (χ2n) is 3.47. The Morgan fingerprint density at radius 3 is 3.08 bits per heavy atom. The van der Waals surface area contributed by atoms with E-state index >= 15 is 0 Å². The molecule has 1 rings (SSSR count). The van der Waals surface area contributed by atoms with Gasteiger partial charge in [0.2, 0.25) is 0 Å². The first-order chi connectivity index (χ1) is 5.68. The molecule has 0 saturated carbocycles. The van der Waals surface area contributed by atoms with Gasteiger partial charge in [0.25, 0.3) is 0 Å². The molecule has 0 aromatic heterocycles. The van der Waals surface area contributed by atoms with Crippen LogP contribution in [0.15, 0.2) is 35.4 Å². The summed E-state index contributed by atoms with van der Waals surface area (Å²) < 4.78 is 0. The van der Waals surface area contributed by atoms with Crippen LogP contribution >= 0.6 is 11.6 Å². The van der Waals surface area contributed by atoms with Crippen molar-refractivity contribution in [2.45, 2.75) is 26.2 Å². The van der Waals surface area contributed by atoms with Gasteiger partial charge in [0.05, 0.1) is 0 Å². The van der Waals surface area contributed by atoms with E-state index in [1.807, 2.05) is 12.2 Å². The third-order valence-electron chi connectivity index (χ3n) is 2.12. The molecule has 12 heavy (non-hydrogen) atoms. The molecule has 0 saturated heterocycles. The molecule has 0 aromatic carbocycles. The van der Waals surface area contributed by atoms with Crippen molar-refractivity contribution < 1.29 is 0 Å². The lowest BCUT2D eigenvalue weighted by molar-refractivity contribution is 0.543. The number of hydrogen-bond donors (Lipinski definition) is 0. The maximum Gasteiger partial charge on any atom is 0.0405 e. The highest BCUT2D eigenvalue weighted by Crippen LogP contribution is 2.20. The molecule has 1 atom stereocenters. The molecule has 0 N–H and O–H groups in total. The zero-order valence-electron chi connectivity index (χ0n) is 7.52. The van der Waals surface area contributed by atoms with E-state index in [0.717, 1.165) is 29.4 Å². The van der Waals surface area contributed by atoms with Crippen LogP contribution in [-0.2, 0) is 0 Å². The normalized spacial score (nSPS) is 32.7. The summed E-state index contributed by atoms with van der Waals surface area (Å²) in [4.78, 5) is 0. The standard InChI is InChI=1S/C11H15Cl/c1-9-4-3-5-11(12)8-10(2)7-6-9/h3,5,8-9H,2,4,6-7H2,1H3/b5-3-,11-8+. The Labute approximate surface area is 79.6 Å². The zero-order valence-corrected chi connectivity index (χ0v) is 8.27. The average molecular weight is 183 g/mol. The van der Waals surface area contributed by atoms with Gasteiger partial charge in [0.15, 0.2) is 0 Å². The topological polar surface area (TPSA) is 0 Å². The van der Waals surface area contributed by atoms with Gasteiger partial charge in [-0.15, -0.1) is 0 Å². The van der Waals surface area contributed by atoms with Crippen LogP contribution in [0.1, 0.15) is 26.2 Å². The fourth-order valence-corrected chi connectivity index (χ4v) is 1.52. The van der Waals surface area contributed by atoms with Crippen molar-refractivity contribution in [3.63, 3.8) is 0 Å². The highest BCUT2D eigenvalue weighted by atomic mass is 35.5. The quantitative estimate of drug-likeness (QED) is 0.531. The van der Waals surface area contributed by atoms with E-state index < -0.39 is 0 Å². The second-order valence-corrected chi connectivity index (χ2v) is 3.91. The Hall–Kier alpha value is -0.490. The monoisotopic (exact) mass is 182 g/mol. The zero-order chi connectivity index (χ0) is 8.97. The number of allylic oxidation sites excluding steroid dienone is 5. The maximum atomic E-state index is 5.92. The Balaban J connectivity index is 2.68. The highest BCUT2D eigenvalue weighted by Gasteiger charge is 2.02. The molecule has 0 heterocycles. The lowest BCUT2D eigenvalue weighted by Gasteiger charge is -2.06. The van der Waals surface area contributed by atoms with Crippen molar-refractivity contribution in [1.29, 1.82) is 0 Å². The van der Waals surface area contributed by atoms with E-state index in [0.29, 0.717) is 0 Å². The molecule has 0 aliphatic heterocycles. The summed E-state index contributed by atoms with van der Waals surface area (Å²) in [5.74, 6) is 0.744. The molecule has 0 nitrogen and oxygen atoms in total. The molecular formula is C11H15Cl. The molecular weight excluding hydrogens is 168 g/mol. The summed E-state index contributed by atoms with van der Waals surface area (Å²) in [6.07, 6.45) is 9.47. The van der Waals surface area contributed by atoms with Gasteiger partial charge in [-0.05, 0) is 37.3 Å². The number of rotatable bonds is 0. The molecule has 0 aromatic rings. The van der Waals surface area contributed by atoms with Crippen LogP contribution in [0.5, 0.6) is 0 Å². The Bertz CT molecular complexity index is 223. The molecule has 0 amide bonds. The summed E-state index contributed by atoms with van der Waals surface area (Å²) in [7, 11) is 0. The SMILES string of the molecule is C=C1/C=C(Cl)\C=C/CC(C)CC1. The first-order valence-electron chi connectivity index (χ1n) is 4.40. The van der Waals surface area contributed by atoms with Crippen LogP contribution in [0.2, 0.25) is 0 Å². The summed E-state index contributed by atoms with van der Waals surface area (Å²) in [5.41, 5.74) is 1.14. The summed E-state index contributed by atoms with van der Waals surface area (Å²) in [6, 6.07) is 0. The van der Waals surface area contributed by atoms with Crippen LogP contribution in [-0.4, -0.2) is 0 Å². The first kappa shape index (κ1) is 9.60. The Kier molecular flexibility index (Phi) is 3.61. The molecule has 1 heteroatoms. The van der Waals surface area contributed by atoms with Gasteiger partial charge < -0.3 is 0 Å². The average Bonchev–Trinajstić information content (AvgIpc) is 2.05. The van der Waals surface area contributed by atoms with E-state index in [2.05, 4.69) is 19.6 Å². The van der Waals surface area contributed by atoms with Crippen molar-refractivity contribution in [1.82, 2.24) is 0 Å². The van der Waals surface area contributed by atoms with Crippen LogP contribution in [0.25, 0.3) is 0 Å². The van der Waals surface area contributed by atoms with Gasteiger partial charge in [-0.25, -0.2) is 0 Å². The molecule has 66 valence electrons. The maximum absolute atomic E-state index is 5.92. The van der Waals surface area contributed by atoms with Crippen LogP contribution in [0.4, 0.5) is 0 Å². The predicted octanol–water partition coefficient (Wildman–Crippen LogP) is 4.04. The lowest BCUT2D eigenvalue weighted by atomic mass is 10.00. The molecule has 0 spiro atoms. The van der Waals surface area contributed by atoms with Crippen LogP contribution in [0.3, 0.4) is 0 Å². The summed E-state index contributed by atoms with van der Waals surface area (Å²) in [5, 5.41) is 0.800. The fourth-order valence-electron chi connectivity index (χ4n) is 1.28. The molecule has 0 radical (unpaired) electrons. The predicted molar refractivity (Wildman–Crippen MR) is 55.2 cm³/mol. The Morgan fingerprint density at radius 2 is 2.33 bits per heavy atom. The van der Waals surface area contributed by atoms with E-state index in [1.54, 1.807) is 0 Å². The van der Waals surface area contributed by atoms with Gasteiger partial charge in [-0.2, -0.15) is 0 Å². The highest BCUT2D eigenvalue weighted by molar-refractivity contribution is 6.31. The summed E-state index contributed by atoms with van der Waals surface area (Å²) >= 11 is 5.92. The van der Waals surface area contributed by atoms with Crippen molar-refractivity contribution in [2.24, 2.45) is 5.92 Å². The van der Waals surface area contributed by atoms with Gasteiger partial charge in [0, 0.05) is 5.03 Å². The minimum absolute atomic E-state index is 0.744. The Morgan fingerprint density at radius 1 is 1.58 bits per heavy atom. The molecule has 1 aliphatic carbocycles. The van der Waals surface area contributed by atoms with Gasteiger partial charge in [-0.1, -0.05) is 36.8 Å². The van der Waals surface area contributed by atoms with Crippen molar-refractivity contribution in [3.8, 4) is 0 Å². The largest absolute Gasteiger partial charge is 0.0958 e. The minimum atomic E-state index is 0.744. The van der Waals surface area contributed by atoms with Gasteiger partial charge in [0.1, 0.15) is 0 Å². The lowest BCUT2D eigenvalue weighted by Crippen LogP contribution is -1.91. The van der Waals surface area contributed by atoms with E-state index in [4.69, 9.17) is 11.6 Å². The first-order valence-corrected chi connectivity index (χ1v) is 4.78. The smallest absolute Gasteiger partial charge is 0.0405 e. The van der Waals surface area contributed by atoms with E-state index in [1.165, 1.54) is 6.42 Å². The van der Waals surface area contributed by atoms with Gasteiger partial charge in [-0.3, -0.25) is 0 Å². The van der Waals surface area contributed by atoms with Crippen molar-refractivity contribution in [3.05, 3.63) is 35.4 Å². The fraction of sp³-hybridized carbons (Fsp3) is 0.455. The third kappa shape index (κ3) is 3.27. The molecule has 0 bridgehead atoms. The van der Waals surface area contributed by atoms with Crippen molar-refractivity contribution in [2.75, 3.05) is 0 Å². The van der Waals surface area contributed by atoms with E-state index in [-0.39, 0.29) is 0 Å². The molecule has 1 unspecified atom stereocenters. The second kappa shape index (κ2) is 4.51. The van der Waals surface area contributed by atoms with Gasteiger partial charge >= 0.3 is 0 Å². The summed E-state index contributed by atoms with van der Waals surface area (Å²) in [6.45, 7) is 6.21. The van der Waals surface area contributed by atoms with Crippen LogP contribution in [0, 0.1) is 5.92 Å². The van der Waals surface area contributed by atoms with Crippen molar-refractivity contribution >= 4 is 11.6 Å².